The van der Waals surface area contributed by atoms with Crippen molar-refractivity contribution in [2.75, 3.05) is 0 Å². The van der Waals surface area contributed by atoms with Crippen molar-refractivity contribution < 1.29 is 28.9 Å². The summed E-state index contributed by atoms with van der Waals surface area (Å²) in [6.07, 6.45) is 8.24. The molecule has 0 atom stereocenters. The van der Waals surface area contributed by atoms with E-state index in [0.717, 1.165) is 0 Å². The number of Topliss-reactive ketones (excluding diaryl/α,β-unsaturated/α-hetero) is 2. The highest BCUT2D eigenvalue weighted by molar-refractivity contribution is 6.25. The topological polar surface area (TPSA) is 111 Å². The van der Waals surface area contributed by atoms with Gasteiger partial charge >= 0.3 is 0 Å². The van der Waals surface area contributed by atoms with Crippen LogP contribution < -0.4 is 0 Å². The number of nitrogens with zero attached hydrogens (tertiary/aromatic N) is 2. The number of hydrogen-bond donors (Lipinski definition) is 0. The van der Waals surface area contributed by atoms with E-state index >= 15 is 0 Å². The normalized spacial score (nSPS) is 20.6. The fourth-order valence-electron chi connectivity index (χ4n) is 3.15. The molecule has 0 radical (unpaired) electrons. The molecule has 0 aliphatic heterocycles. The highest BCUT2D eigenvalue weighted by Crippen LogP contribution is 2.28. The first kappa shape index (κ1) is 20.8. The second-order valence-electron chi connectivity index (χ2n) is 7.12. The maximum absolute atomic E-state index is 13.0. The molecule has 0 spiro atoms. The van der Waals surface area contributed by atoms with Crippen LogP contribution in [0.2, 0.25) is 0 Å². The van der Waals surface area contributed by atoms with Crippen molar-refractivity contribution in [3.8, 4) is 0 Å². The molecule has 32 heavy (non-hydrogen) atoms. The van der Waals surface area contributed by atoms with Gasteiger partial charge in [-0.1, -0.05) is 34.6 Å². The first-order chi connectivity index (χ1) is 15.3. The quantitative estimate of drug-likeness (QED) is 0.538. The Morgan fingerprint density at radius 2 is 1.03 bits per heavy atom. The van der Waals surface area contributed by atoms with Crippen molar-refractivity contribution in [3.63, 3.8) is 0 Å². The van der Waals surface area contributed by atoms with Gasteiger partial charge in [-0.05, 0) is 61.4 Å². The van der Waals surface area contributed by atoms with Crippen LogP contribution in [0.5, 0.6) is 0 Å². The smallest absolute Gasteiger partial charge is 0.255 e. The summed E-state index contributed by atoms with van der Waals surface area (Å²) in [4.78, 5) is 59.8. The Labute approximate surface area is 182 Å². The lowest BCUT2D eigenvalue weighted by Crippen LogP contribution is -2.24. The number of carbonyl (C=O) groups excluding carboxylic acids is 4. The van der Waals surface area contributed by atoms with Crippen molar-refractivity contribution >= 4 is 34.6 Å². The first-order valence-electron chi connectivity index (χ1n) is 9.59. The summed E-state index contributed by atoms with van der Waals surface area (Å²) in [5.41, 5.74) is 1.99. The molecule has 158 valence electrons. The monoisotopic (exact) mass is 428 g/mol. The maximum Gasteiger partial charge on any atom is 0.255 e. The highest BCUT2D eigenvalue weighted by atomic mass is 16.7. The molecule has 4 rings (SSSR count). The lowest BCUT2D eigenvalue weighted by atomic mass is 9.92. The second-order valence-corrected chi connectivity index (χ2v) is 7.12. The fourth-order valence-corrected chi connectivity index (χ4v) is 3.15. The van der Waals surface area contributed by atoms with Crippen molar-refractivity contribution in [2.45, 2.75) is 13.8 Å². The molecule has 0 saturated carbocycles. The summed E-state index contributed by atoms with van der Waals surface area (Å²) in [5.74, 6) is -2.44. The number of benzene rings is 1. The molecule has 8 nitrogen and oxygen atoms in total. The van der Waals surface area contributed by atoms with Gasteiger partial charge in [0.2, 0.25) is 11.6 Å². The molecular formula is C24H16N2O6. The van der Waals surface area contributed by atoms with Crippen LogP contribution in [0.15, 0.2) is 93.7 Å². The number of fused-ring (bicyclic) bond motifs is 1. The van der Waals surface area contributed by atoms with Crippen LogP contribution in [0.3, 0.4) is 0 Å². The van der Waals surface area contributed by atoms with Gasteiger partial charge in [0.25, 0.3) is 11.5 Å². The van der Waals surface area contributed by atoms with Crippen LogP contribution in [0.1, 0.15) is 34.6 Å². The van der Waals surface area contributed by atoms with Gasteiger partial charge in [-0.15, -0.1) is 0 Å². The van der Waals surface area contributed by atoms with Gasteiger partial charge in [-0.25, -0.2) is 0 Å². The summed E-state index contributed by atoms with van der Waals surface area (Å²) in [6.45, 7) is 3.33. The molecule has 0 heterocycles. The average molecular weight is 428 g/mol. The molecule has 3 aliphatic carbocycles. The standard InChI is InChI=1S/C24H16N2O6/c1-13-11-15(27)7-9-19(13)25-31-23-21(29)17-5-3-4-6-18(17)22(30)24(23)32-26-20-10-8-16(28)12-14(20)2/h3-12H,1-2H3/b25-19-,26-20-. The summed E-state index contributed by atoms with van der Waals surface area (Å²) < 4.78 is 0. The summed E-state index contributed by atoms with van der Waals surface area (Å²) in [7, 11) is 0. The number of hydrogen-bond acceptors (Lipinski definition) is 8. The van der Waals surface area contributed by atoms with E-state index in [-0.39, 0.29) is 22.7 Å². The van der Waals surface area contributed by atoms with E-state index in [9.17, 15) is 19.2 Å². The van der Waals surface area contributed by atoms with Crippen LogP contribution in [0.25, 0.3) is 0 Å². The molecule has 3 aliphatic rings. The van der Waals surface area contributed by atoms with E-state index in [0.29, 0.717) is 22.6 Å². The lowest BCUT2D eigenvalue weighted by molar-refractivity contribution is -0.111. The van der Waals surface area contributed by atoms with Crippen molar-refractivity contribution in [3.05, 3.63) is 94.5 Å². The van der Waals surface area contributed by atoms with Gasteiger partial charge in [-0.2, -0.15) is 0 Å². The minimum Gasteiger partial charge on any atom is -0.348 e. The SMILES string of the molecule is CC1=CC(=O)C=C/C1=N/OC1=C(O/N=C2/C=CC(=O)C=C2C)C(=O)c2ccccc2C1=O. The van der Waals surface area contributed by atoms with Crippen LogP contribution in [0.4, 0.5) is 0 Å². The van der Waals surface area contributed by atoms with Gasteiger partial charge < -0.3 is 9.68 Å². The first-order valence-corrected chi connectivity index (χ1v) is 9.59. The Morgan fingerprint density at radius 3 is 1.41 bits per heavy atom. The van der Waals surface area contributed by atoms with Crippen LogP contribution in [-0.2, 0) is 19.3 Å². The highest BCUT2D eigenvalue weighted by Gasteiger charge is 2.36. The van der Waals surface area contributed by atoms with E-state index in [4.69, 9.17) is 9.68 Å². The Kier molecular flexibility index (Phi) is 5.43. The third kappa shape index (κ3) is 3.93. The summed E-state index contributed by atoms with van der Waals surface area (Å²) in [6, 6.07) is 6.25. The molecule has 0 saturated heterocycles. The molecule has 0 fully saturated rings. The molecule has 1 aromatic carbocycles. The van der Waals surface area contributed by atoms with Crippen LogP contribution in [0, 0.1) is 0 Å². The Morgan fingerprint density at radius 1 is 0.625 bits per heavy atom. The molecule has 1 aromatic rings. The third-order valence-corrected chi connectivity index (χ3v) is 4.84. The number of allylic oxidation sites excluding steroid dienone is 10. The average Bonchev–Trinajstić information content (AvgIpc) is 2.76. The summed E-state index contributed by atoms with van der Waals surface area (Å²) >= 11 is 0. The van der Waals surface area contributed by atoms with E-state index in [1.54, 1.807) is 26.0 Å². The molecule has 0 amide bonds. The third-order valence-electron chi connectivity index (χ3n) is 4.84. The molecule has 0 unspecified atom stereocenters. The minimum absolute atomic E-state index is 0.147. The zero-order valence-corrected chi connectivity index (χ0v) is 17.1. The van der Waals surface area contributed by atoms with Gasteiger partial charge in [0, 0.05) is 11.1 Å². The number of rotatable bonds is 4. The zero-order chi connectivity index (χ0) is 22.8. The number of oxime groups is 2. The predicted octanol–water partition coefficient (Wildman–Crippen LogP) is 3.19. The number of ketones is 4. The molecule has 0 aromatic heterocycles. The Hall–Kier alpha value is -4.46. The van der Waals surface area contributed by atoms with E-state index < -0.39 is 23.1 Å². The minimum atomic E-state index is -0.598. The second kappa shape index (κ2) is 8.35. The van der Waals surface area contributed by atoms with Gasteiger partial charge in [0.1, 0.15) is 11.4 Å². The van der Waals surface area contributed by atoms with Gasteiger partial charge in [-0.3, -0.25) is 19.2 Å². The zero-order valence-electron chi connectivity index (χ0n) is 17.1. The Balaban J connectivity index is 1.74. The lowest BCUT2D eigenvalue weighted by Gasteiger charge is -2.18. The van der Waals surface area contributed by atoms with Gasteiger partial charge in [0.05, 0.1) is 0 Å². The molecule has 0 bridgehead atoms. The number of carbonyl (C=O) groups is 4. The van der Waals surface area contributed by atoms with Crippen LogP contribution >= 0.6 is 0 Å². The van der Waals surface area contributed by atoms with Crippen molar-refractivity contribution in [1.82, 2.24) is 0 Å². The predicted molar refractivity (Wildman–Crippen MR) is 115 cm³/mol. The van der Waals surface area contributed by atoms with Gasteiger partial charge in [0.15, 0.2) is 11.6 Å². The molecule has 8 heteroatoms. The maximum atomic E-state index is 13.0. The van der Waals surface area contributed by atoms with Crippen molar-refractivity contribution in [1.29, 1.82) is 0 Å². The van der Waals surface area contributed by atoms with Crippen LogP contribution in [-0.4, -0.2) is 34.6 Å². The van der Waals surface area contributed by atoms with E-state index in [1.807, 2.05) is 0 Å². The Bertz CT molecular complexity index is 1200. The fraction of sp³-hybridized carbons (Fsp3) is 0.0833. The summed E-state index contributed by atoms with van der Waals surface area (Å²) in [5, 5.41) is 7.86. The van der Waals surface area contributed by atoms with E-state index in [1.165, 1.54) is 48.6 Å². The molecule has 0 N–H and O–H groups in total. The van der Waals surface area contributed by atoms with Crippen molar-refractivity contribution in [2.24, 2.45) is 10.3 Å². The molecular weight excluding hydrogens is 412 g/mol. The van der Waals surface area contributed by atoms with E-state index in [2.05, 4.69) is 10.3 Å². The largest absolute Gasteiger partial charge is 0.348 e.